The molecule has 0 aromatic carbocycles. The van der Waals surface area contributed by atoms with Crippen LogP contribution in [0.3, 0.4) is 0 Å². The molecule has 0 aliphatic carbocycles. The third-order valence-electron chi connectivity index (χ3n) is 2.47. The highest BCUT2D eigenvalue weighted by molar-refractivity contribution is 6.99. The Balaban J connectivity index is 2.08. The van der Waals surface area contributed by atoms with Gasteiger partial charge in [-0.1, -0.05) is 0 Å². The fraction of sp³-hybridized carbons (Fsp3) is 0.750. The molecule has 14 heavy (non-hydrogen) atoms. The van der Waals surface area contributed by atoms with Crippen molar-refractivity contribution in [2.45, 2.75) is 18.9 Å². The molecule has 0 unspecified atom stereocenters. The zero-order chi connectivity index (χ0) is 9.97. The fourth-order valence-electron chi connectivity index (χ4n) is 1.61. The van der Waals surface area contributed by atoms with Crippen molar-refractivity contribution >= 4 is 17.5 Å². The first-order valence-corrected chi connectivity index (χ1v) is 5.41. The number of ether oxygens (including phenoxy) is 1. The van der Waals surface area contributed by atoms with Crippen LogP contribution in [-0.4, -0.2) is 35.0 Å². The second kappa shape index (κ2) is 4.10. The molecule has 0 atom stereocenters. The Morgan fingerprint density at radius 1 is 1.43 bits per heavy atom. The summed E-state index contributed by atoms with van der Waals surface area (Å²) in [6.45, 7) is 1.89. The molecule has 2 N–H and O–H groups in total. The fourth-order valence-corrected chi connectivity index (χ4v) is 2.15. The van der Waals surface area contributed by atoms with Gasteiger partial charge in [0.2, 0.25) is 5.82 Å². The number of nitrogens with zero attached hydrogens (tertiary/aromatic N) is 3. The van der Waals surface area contributed by atoms with Crippen LogP contribution in [0, 0.1) is 0 Å². The van der Waals surface area contributed by atoms with Crippen LogP contribution in [0.5, 0.6) is 5.88 Å². The van der Waals surface area contributed by atoms with E-state index >= 15 is 0 Å². The molecule has 0 amide bonds. The molecule has 6 heteroatoms. The molecule has 1 aliphatic heterocycles. The first-order valence-electron chi connectivity index (χ1n) is 4.68. The van der Waals surface area contributed by atoms with Gasteiger partial charge in [-0.05, 0) is 12.8 Å². The minimum absolute atomic E-state index is 0.337. The molecule has 78 valence electrons. The highest BCUT2D eigenvalue weighted by Crippen LogP contribution is 2.27. The Morgan fingerprint density at radius 2 is 2.14 bits per heavy atom. The molecule has 2 rings (SSSR count). The summed E-state index contributed by atoms with van der Waals surface area (Å²) >= 11 is 1.19. The Bertz CT molecular complexity index is 295. The lowest BCUT2D eigenvalue weighted by molar-refractivity contribution is 0.398. The predicted molar refractivity (Wildman–Crippen MR) is 55.9 cm³/mol. The Hall–Kier alpha value is -0.880. The summed E-state index contributed by atoms with van der Waals surface area (Å²) in [5.74, 6) is 1.50. The average Bonchev–Trinajstić information content (AvgIpc) is 2.67. The van der Waals surface area contributed by atoms with Gasteiger partial charge in [0.1, 0.15) is 0 Å². The van der Waals surface area contributed by atoms with Crippen molar-refractivity contribution in [3.8, 4) is 5.88 Å². The number of hydrogen-bond donors (Lipinski definition) is 1. The lowest BCUT2D eigenvalue weighted by Crippen LogP contribution is -2.39. The van der Waals surface area contributed by atoms with E-state index in [9.17, 15) is 0 Å². The molecule has 0 radical (unpaired) electrons. The van der Waals surface area contributed by atoms with E-state index in [2.05, 4.69) is 13.6 Å². The summed E-state index contributed by atoms with van der Waals surface area (Å²) in [4.78, 5) is 2.19. The Labute approximate surface area is 87.2 Å². The van der Waals surface area contributed by atoms with Crippen LogP contribution in [0.25, 0.3) is 0 Å². The van der Waals surface area contributed by atoms with Gasteiger partial charge in [-0.3, -0.25) is 0 Å². The number of piperidine rings is 1. The third kappa shape index (κ3) is 1.80. The molecular formula is C8H14N4OS. The molecule has 1 saturated heterocycles. The summed E-state index contributed by atoms with van der Waals surface area (Å²) < 4.78 is 13.4. The number of aromatic nitrogens is 2. The maximum Gasteiger partial charge on any atom is 0.270 e. The van der Waals surface area contributed by atoms with Crippen LogP contribution in [0.1, 0.15) is 12.8 Å². The van der Waals surface area contributed by atoms with Crippen molar-refractivity contribution in [2.75, 3.05) is 25.1 Å². The van der Waals surface area contributed by atoms with E-state index in [1.807, 2.05) is 0 Å². The standard InChI is InChI=1S/C8H14N4OS/c1-13-8-7(10-14-11-8)12-4-2-6(9)3-5-12/h6H,2-5,9H2,1H3. The molecule has 2 heterocycles. The van der Waals surface area contributed by atoms with Crippen LogP contribution in [0.2, 0.25) is 0 Å². The first-order chi connectivity index (χ1) is 6.81. The number of methoxy groups -OCH3 is 1. The topological polar surface area (TPSA) is 64.3 Å². The second-order valence-corrected chi connectivity index (χ2v) is 3.95. The largest absolute Gasteiger partial charge is 0.478 e. The minimum atomic E-state index is 0.337. The number of hydrogen-bond acceptors (Lipinski definition) is 6. The average molecular weight is 214 g/mol. The lowest BCUT2D eigenvalue weighted by atomic mass is 10.1. The second-order valence-electron chi connectivity index (χ2n) is 3.42. The van der Waals surface area contributed by atoms with Gasteiger partial charge < -0.3 is 15.4 Å². The van der Waals surface area contributed by atoms with Crippen molar-refractivity contribution in [3.63, 3.8) is 0 Å². The Morgan fingerprint density at radius 3 is 2.79 bits per heavy atom. The van der Waals surface area contributed by atoms with Gasteiger partial charge in [0.15, 0.2) is 0 Å². The summed E-state index contributed by atoms with van der Waals surface area (Å²) in [5.41, 5.74) is 5.83. The van der Waals surface area contributed by atoms with Gasteiger partial charge in [-0.25, -0.2) is 0 Å². The van der Waals surface area contributed by atoms with Crippen molar-refractivity contribution in [1.82, 2.24) is 8.75 Å². The van der Waals surface area contributed by atoms with Gasteiger partial charge in [0, 0.05) is 19.1 Å². The summed E-state index contributed by atoms with van der Waals surface area (Å²) in [5, 5.41) is 0. The van der Waals surface area contributed by atoms with E-state index in [0.717, 1.165) is 31.7 Å². The van der Waals surface area contributed by atoms with Gasteiger partial charge in [-0.2, -0.15) is 4.37 Å². The molecule has 1 fully saturated rings. The summed E-state index contributed by atoms with van der Waals surface area (Å²) in [7, 11) is 1.62. The highest BCUT2D eigenvalue weighted by Gasteiger charge is 2.21. The van der Waals surface area contributed by atoms with E-state index in [1.165, 1.54) is 11.7 Å². The molecule has 0 spiro atoms. The number of rotatable bonds is 2. The molecule has 0 bridgehead atoms. The van der Waals surface area contributed by atoms with Crippen LogP contribution >= 0.6 is 11.7 Å². The van der Waals surface area contributed by atoms with Crippen molar-refractivity contribution < 1.29 is 4.74 Å². The van der Waals surface area contributed by atoms with Crippen molar-refractivity contribution in [3.05, 3.63) is 0 Å². The predicted octanol–water partition coefficient (Wildman–Crippen LogP) is 0.474. The number of anilines is 1. The quantitative estimate of drug-likeness (QED) is 0.775. The minimum Gasteiger partial charge on any atom is -0.478 e. The van der Waals surface area contributed by atoms with Crippen LogP contribution in [-0.2, 0) is 0 Å². The van der Waals surface area contributed by atoms with Crippen molar-refractivity contribution in [1.29, 1.82) is 0 Å². The van der Waals surface area contributed by atoms with Crippen LogP contribution in [0.4, 0.5) is 5.82 Å². The molecule has 1 aromatic rings. The van der Waals surface area contributed by atoms with Gasteiger partial charge in [0.05, 0.1) is 18.8 Å². The van der Waals surface area contributed by atoms with Crippen LogP contribution in [0.15, 0.2) is 0 Å². The molecule has 1 aliphatic rings. The summed E-state index contributed by atoms with van der Waals surface area (Å²) in [6, 6.07) is 0.337. The highest BCUT2D eigenvalue weighted by atomic mass is 32.1. The zero-order valence-corrected chi connectivity index (χ0v) is 8.96. The Kier molecular flexibility index (Phi) is 2.83. The third-order valence-corrected chi connectivity index (χ3v) is 2.98. The number of nitrogens with two attached hydrogens (primary N) is 1. The van der Waals surface area contributed by atoms with Crippen LogP contribution < -0.4 is 15.4 Å². The van der Waals surface area contributed by atoms with E-state index in [-0.39, 0.29) is 0 Å². The van der Waals surface area contributed by atoms with Gasteiger partial charge in [0.25, 0.3) is 5.88 Å². The van der Waals surface area contributed by atoms with Crippen molar-refractivity contribution in [2.24, 2.45) is 5.73 Å². The van der Waals surface area contributed by atoms with Gasteiger partial charge >= 0.3 is 0 Å². The SMILES string of the molecule is COc1nsnc1N1CCC(N)CC1. The maximum atomic E-state index is 5.83. The molecule has 5 nitrogen and oxygen atoms in total. The molecule has 0 saturated carbocycles. The smallest absolute Gasteiger partial charge is 0.270 e. The van der Waals surface area contributed by atoms with E-state index in [1.54, 1.807) is 7.11 Å². The maximum absolute atomic E-state index is 5.83. The van der Waals surface area contributed by atoms with Gasteiger partial charge in [-0.15, -0.1) is 4.37 Å². The van der Waals surface area contributed by atoms with E-state index < -0.39 is 0 Å². The molecule has 1 aromatic heterocycles. The first kappa shape index (κ1) is 9.67. The zero-order valence-electron chi connectivity index (χ0n) is 8.14. The normalized spacial score (nSPS) is 18.6. The van der Waals surface area contributed by atoms with E-state index in [4.69, 9.17) is 10.5 Å². The lowest BCUT2D eigenvalue weighted by Gasteiger charge is -2.30. The monoisotopic (exact) mass is 214 g/mol. The molecular weight excluding hydrogens is 200 g/mol. The summed E-state index contributed by atoms with van der Waals surface area (Å²) in [6.07, 6.45) is 2.03. The van der Waals surface area contributed by atoms with E-state index in [0.29, 0.717) is 11.9 Å².